The number of aryl methyl sites for hydroxylation is 1. The average Bonchev–Trinajstić information content (AvgIpc) is 2.91. The SMILES string of the molecule is CC1(C)CCc2cc(OCC3CN=C(N)O3)ccc21. The summed E-state index contributed by atoms with van der Waals surface area (Å²) in [5, 5.41) is 0. The minimum absolute atomic E-state index is 0.0512. The molecule has 4 heteroatoms. The van der Waals surface area contributed by atoms with Crippen molar-refractivity contribution in [3.8, 4) is 5.75 Å². The maximum atomic E-state index is 5.78. The maximum Gasteiger partial charge on any atom is 0.282 e. The molecule has 1 atom stereocenters. The van der Waals surface area contributed by atoms with Gasteiger partial charge in [0.15, 0.2) is 6.10 Å². The molecular formula is C15H20N2O2. The molecule has 0 fully saturated rings. The highest BCUT2D eigenvalue weighted by Gasteiger charge is 2.29. The van der Waals surface area contributed by atoms with Gasteiger partial charge in [0.1, 0.15) is 12.4 Å². The summed E-state index contributed by atoms with van der Waals surface area (Å²) in [5.41, 5.74) is 8.62. The molecule has 1 aliphatic carbocycles. The Morgan fingerprint density at radius 3 is 3.05 bits per heavy atom. The second-order valence-electron chi connectivity index (χ2n) is 5.93. The molecule has 1 unspecified atom stereocenters. The highest BCUT2D eigenvalue weighted by Crippen LogP contribution is 2.39. The van der Waals surface area contributed by atoms with Gasteiger partial charge in [0.05, 0.1) is 6.54 Å². The maximum absolute atomic E-state index is 5.78. The van der Waals surface area contributed by atoms with Gasteiger partial charge in [-0.3, -0.25) is 0 Å². The molecule has 1 aromatic rings. The van der Waals surface area contributed by atoms with Crippen molar-refractivity contribution < 1.29 is 9.47 Å². The fourth-order valence-corrected chi connectivity index (χ4v) is 2.82. The van der Waals surface area contributed by atoms with Crippen LogP contribution in [0.2, 0.25) is 0 Å². The molecule has 0 radical (unpaired) electrons. The number of nitrogens with two attached hydrogens (primary N) is 1. The number of nitrogens with zero attached hydrogens (tertiary/aromatic N) is 1. The second-order valence-corrected chi connectivity index (χ2v) is 5.93. The lowest BCUT2D eigenvalue weighted by molar-refractivity contribution is 0.141. The molecule has 0 amide bonds. The summed E-state index contributed by atoms with van der Waals surface area (Å²) < 4.78 is 11.1. The van der Waals surface area contributed by atoms with E-state index in [1.165, 1.54) is 17.5 Å². The van der Waals surface area contributed by atoms with Gasteiger partial charge < -0.3 is 15.2 Å². The Balaban J connectivity index is 1.64. The van der Waals surface area contributed by atoms with Crippen LogP contribution in [0.25, 0.3) is 0 Å². The molecule has 1 aromatic carbocycles. The molecule has 0 saturated carbocycles. The third-order valence-corrected chi connectivity index (χ3v) is 4.00. The summed E-state index contributed by atoms with van der Waals surface area (Å²) >= 11 is 0. The summed E-state index contributed by atoms with van der Waals surface area (Å²) in [5.74, 6) is 0.908. The van der Waals surface area contributed by atoms with Crippen LogP contribution in [0.4, 0.5) is 0 Å². The van der Waals surface area contributed by atoms with E-state index in [0.717, 1.165) is 12.2 Å². The Labute approximate surface area is 113 Å². The zero-order chi connectivity index (χ0) is 13.5. The van der Waals surface area contributed by atoms with E-state index in [-0.39, 0.29) is 12.1 Å². The average molecular weight is 260 g/mol. The number of amidine groups is 1. The van der Waals surface area contributed by atoms with Gasteiger partial charge in [-0.05, 0) is 41.5 Å². The van der Waals surface area contributed by atoms with Gasteiger partial charge in [-0.15, -0.1) is 0 Å². The third kappa shape index (κ3) is 2.39. The zero-order valence-corrected chi connectivity index (χ0v) is 11.5. The minimum Gasteiger partial charge on any atom is -0.490 e. The number of rotatable bonds is 3. The fraction of sp³-hybridized carbons (Fsp3) is 0.533. The van der Waals surface area contributed by atoms with Gasteiger partial charge >= 0.3 is 0 Å². The lowest BCUT2D eigenvalue weighted by atomic mass is 9.87. The third-order valence-electron chi connectivity index (χ3n) is 4.00. The lowest BCUT2D eigenvalue weighted by Gasteiger charge is -2.19. The highest BCUT2D eigenvalue weighted by atomic mass is 16.5. The second kappa shape index (κ2) is 4.44. The lowest BCUT2D eigenvalue weighted by Crippen LogP contribution is -2.24. The first-order chi connectivity index (χ1) is 9.04. The molecule has 19 heavy (non-hydrogen) atoms. The smallest absolute Gasteiger partial charge is 0.282 e. The van der Waals surface area contributed by atoms with Crippen LogP contribution >= 0.6 is 0 Å². The molecule has 2 N–H and O–H groups in total. The number of hydrogen-bond acceptors (Lipinski definition) is 4. The van der Waals surface area contributed by atoms with Gasteiger partial charge in [0.2, 0.25) is 0 Å². The summed E-state index contributed by atoms with van der Waals surface area (Å²) in [7, 11) is 0. The molecule has 0 bridgehead atoms. The zero-order valence-electron chi connectivity index (χ0n) is 11.5. The predicted octanol–water partition coefficient (Wildman–Crippen LogP) is 2.00. The first-order valence-corrected chi connectivity index (χ1v) is 6.77. The summed E-state index contributed by atoms with van der Waals surface area (Å²) in [4.78, 5) is 4.00. The predicted molar refractivity (Wildman–Crippen MR) is 74.6 cm³/mol. The van der Waals surface area contributed by atoms with Gasteiger partial charge in [-0.25, -0.2) is 4.99 Å². The molecule has 1 aliphatic heterocycles. The topological polar surface area (TPSA) is 56.8 Å². The molecule has 0 spiro atoms. The van der Waals surface area contributed by atoms with Crippen molar-refractivity contribution in [1.82, 2.24) is 0 Å². The Morgan fingerprint density at radius 1 is 1.47 bits per heavy atom. The van der Waals surface area contributed by atoms with Crippen molar-refractivity contribution in [2.24, 2.45) is 10.7 Å². The molecule has 0 saturated heterocycles. The van der Waals surface area contributed by atoms with E-state index in [9.17, 15) is 0 Å². The molecule has 4 nitrogen and oxygen atoms in total. The van der Waals surface area contributed by atoms with Crippen LogP contribution in [0.1, 0.15) is 31.4 Å². The standard InChI is InChI=1S/C15H20N2O2/c1-15(2)6-5-10-7-11(3-4-13(10)15)18-9-12-8-17-14(16)19-12/h3-4,7,12H,5-6,8-9H2,1-2H3,(H2,16,17). The number of aliphatic imine (C=N–C) groups is 1. The Kier molecular flexibility index (Phi) is 2.88. The number of hydrogen-bond donors (Lipinski definition) is 1. The van der Waals surface area contributed by atoms with E-state index in [1.54, 1.807) is 0 Å². The quantitative estimate of drug-likeness (QED) is 0.904. The van der Waals surface area contributed by atoms with Crippen LogP contribution < -0.4 is 10.5 Å². The molecule has 102 valence electrons. The van der Waals surface area contributed by atoms with Crippen LogP contribution in [-0.4, -0.2) is 25.3 Å². The minimum atomic E-state index is -0.0512. The first kappa shape index (κ1) is 12.3. The van der Waals surface area contributed by atoms with E-state index in [1.807, 2.05) is 6.07 Å². The molecule has 1 heterocycles. The monoisotopic (exact) mass is 260 g/mol. The largest absolute Gasteiger partial charge is 0.490 e. The van der Waals surface area contributed by atoms with Gasteiger partial charge in [-0.2, -0.15) is 0 Å². The van der Waals surface area contributed by atoms with Crippen LogP contribution in [0.15, 0.2) is 23.2 Å². The van der Waals surface area contributed by atoms with Crippen molar-refractivity contribution in [3.05, 3.63) is 29.3 Å². The van der Waals surface area contributed by atoms with Gasteiger partial charge in [0.25, 0.3) is 6.02 Å². The van der Waals surface area contributed by atoms with E-state index in [4.69, 9.17) is 15.2 Å². The van der Waals surface area contributed by atoms with Crippen LogP contribution in [-0.2, 0) is 16.6 Å². The first-order valence-electron chi connectivity index (χ1n) is 6.77. The number of benzene rings is 1. The van der Waals surface area contributed by atoms with Gasteiger partial charge in [-0.1, -0.05) is 19.9 Å². The summed E-state index contributed by atoms with van der Waals surface area (Å²) in [6.07, 6.45) is 2.29. The van der Waals surface area contributed by atoms with Crippen LogP contribution in [0.3, 0.4) is 0 Å². The van der Waals surface area contributed by atoms with E-state index in [0.29, 0.717) is 18.6 Å². The van der Waals surface area contributed by atoms with Crippen molar-refractivity contribution in [1.29, 1.82) is 0 Å². The van der Waals surface area contributed by atoms with Gasteiger partial charge in [0, 0.05) is 0 Å². The van der Waals surface area contributed by atoms with E-state index < -0.39 is 0 Å². The fourth-order valence-electron chi connectivity index (χ4n) is 2.82. The molecule has 2 aliphatic rings. The molecule has 3 rings (SSSR count). The van der Waals surface area contributed by atoms with E-state index in [2.05, 4.69) is 31.0 Å². The Morgan fingerprint density at radius 2 is 2.32 bits per heavy atom. The Bertz CT molecular complexity index is 523. The number of ether oxygens (including phenoxy) is 2. The molecule has 0 aromatic heterocycles. The normalized spacial score (nSPS) is 23.7. The van der Waals surface area contributed by atoms with Crippen molar-refractivity contribution in [3.63, 3.8) is 0 Å². The summed E-state index contributed by atoms with van der Waals surface area (Å²) in [6, 6.07) is 6.66. The van der Waals surface area contributed by atoms with Crippen molar-refractivity contribution in [2.75, 3.05) is 13.2 Å². The van der Waals surface area contributed by atoms with E-state index >= 15 is 0 Å². The van der Waals surface area contributed by atoms with Crippen molar-refractivity contribution >= 4 is 6.02 Å². The van der Waals surface area contributed by atoms with Crippen molar-refractivity contribution in [2.45, 2.75) is 38.2 Å². The molecular weight excluding hydrogens is 240 g/mol. The highest BCUT2D eigenvalue weighted by molar-refractivity contribution is 5.73. The summed E-state index contributed by atoms with van der Waals surface area (Å²) in [6.45, 7) is 5.67. The Hall–Kier alpha value is -1.71. The number of fused-ring (bicyclic) bond motifs is 1. The van der Waals surface area contributed by atoms with Crippen LogP contribution in [0.5, 0.6) is 5.75 Å². The van der Waals surface area contributed by atoms with Crippen LogP contribution in [0, 0.1) is 0 Å².